The quantitative estimate of drug-likeness (QED) is 0.717. The van der Waals surface area contributed by atoms with Crippen molar-refractivity contribution < 1.29 is 18.3 Å². The van der Waals surface area contributed by atoms with Gasteiger partial charge in [0.25, 0.3) is 0 Å². The molecule has 4 N–H and O–H groups in total. The van der Waals surface area contributed by atoms with Crippen molar-refractivity contribution in [3.05, 3.63) is 23.8 Å². The van der Waals surface area contributed by atoms with E-state index < -0.39 is 17.8 Å². The van der Waals surface area contributed by atoms with Crippen LogP contribution in [0.3, 0.4) is 0 Å². The molecule has 1 unspecified atom stereocenters. The van der Waals surface area contributed by atoms with Crippen molar-refractivity contribution in [1.29, 1.82) is 0 Å². The molecule has 0 spiro atoms. The highest BCUT2D eigenvalue weighted by Gasteiger charge is 2.34. The normalized spacial score (nSPS) is 13.5. The minimum absolute atomic E-state index is 0.0555. The fourth-order valence-electron chi connectivity index (χ4n) is 1.42. The number of nitrogens with one attached hydrogen (secondary N) is 1. The van der Waals surface area contributed by atoms with Crippen LogP contribution in [0.2, 0.25) is 0 Å². The van der Waals surface area contributed by atoms with Crippen LogP contribution >= 0.6 is 0 Å². The number of nitrogen functional groups attached to an aromatic ring is 1. The Hall–Kier alpha value is -1.43. The van der Waals surface area contributed by atoms with Gasteiger partial charge in [0.15, 0.2) is 0 Å². The van der Waals surface area contributed by atoms with E-state index in [0.717, 1.165) is 6.07 Å². The molecule has 0 aliphatic rings. The van der Waals surface area contributed by atoms with Gasteiger partial charge in [0, 0.05) is 17.4 Å². The van der Waals surface area contributed by atoms with Crippen molar-refractivity contribution in [3.63, 3.8) is 0 Å². The van der Waals surface area contributed by atoms with E-state index in [-0.39, 0.29) is 18.0 Å². The van der Waals surface area contributed by atoms with E-state index in [9.17, 15) is 13.2 Å². The zero-order chi connectivity index (χ0) is 13.1. The van der Waals surface area contributed by atoms with Crippen LogP contribution in [0.1, 0.15) is 18.9 Å². The third-order valence-corrected chi connectivity index (χ3v) is 2.42. The minimum atomic E-state index is -4.47. The van der Waals surface area contributed by atoms with E-state index in [0.29, 0.717) is 6.42 Å². The number of aliphatic hydroxyl groups is 1. The molecule has 0 radical (unpaired) electrons. The second-order valence-corrected chi connectivity index (χ2v) is 3.73. The SMILES string of the molecule is CCC(CO)Nc1ccc(N)cc1C(F)(F)F. The number of hydrogen-bond acceptors (Lipinski definition) is 3. The summed E-state index contributed by atoms with van der Waals surface area (Å²) in [7, 11) is 0. The molecule has 17 heavy (non-hydrogen) atoms. The summed E-state index contributed by atoms with van der Waals surface area (Å²) in [6.07, 6.45) is -3.94. The summed E-state index contributed by atoms with van der Waals surface area (Å²) in [5, 5.41) is 11.6. The number of anilines is 2. The molecule has 0 aliphatic carbocycles. The first-order chi connectivity index (χ1) is 7.88. The summed E-state index contributed by atoms with van der Waals surface area (Å²) in [5.41, 5.74) is 4.52. The molecule has 0 saturated heterocycles. The Morgan fingerprint density at radius 2 is 2.06 bits per heavy atom. The number of hydrogen-bond donors (Lipinski definition) is 3. The molecule has 0 amide bonds. The smallest absolute Gasteiger partial charge is 0.399 e. The molecular weight excluding hydrogens is 233 g/mol. The molecule has 0 aromatic heterocycles. The molecule has 0 saturated carbocycles. The average molecular weight is 248 g/mol. The lowest BCUT2D eigenvalue weighted by Crippen LogP contribution is -2.24. The fourth-order valence-corrected chi connectivity index (χ4v) is 1.42. The van der Waals surface area contributed by atoms with Gasteiger partial charge < -0.3 is 16.2 Å². The van der Waals surface area contributed by atoms with Crippen molar-refractivity contribution in [2.45, 2.75) is 25.6 Å². The highest BCUT2D eigenvalue weighted by Crippen LogP contribution is 2.36. The van der Waals surface area contributed by atoms with Gasteiger partial charge in [0.05, 0.1) is 12.2 Å². The highest BCUT2D eigenvalue weighted by atomic mass is 19.4. The van der Waals surface area contributed by atoms with Gasteiger partial charge >= 0.3 is 6.18 Å². The molecule has 1 aromatic carbocycles. The van der Waals surface area contributed by atoms with Gasteiger partial charge in [-0.1, -0.05) is 6.92 Å². The standard InChI is InChI=1S/C11H15F3N2O/c1-2-8(6-17)16-10-4-3-7(15)5-9(10)11(12,13)14/h3-5,8,16-17H,2,6,15H2,1H3. The summed E-state index contributed by atoms with van der Waals surface area (Å²) in [4.78, 5) is 0. The first-order valence-electron chi connectivity index (χ1n) is 5.22. The lowest BCUT2D eigenvalue weighted by molar-refractivity contribution is -0.136. The molecule has 0 aliphatic heterocycles. The van der Waals surface area contributed by atoms with Crippen LogP contribution in [0.5, 0.6) is 0 Å². The maximum absolute atomic E-state index is 12.7. The molecule has 1 rings (SSSR count). The van der Waals surface area contributed by atoms with Crippen LogP contribution in [-0.4, -0.2) is 17.8 Å². The maximum Gasteiger partial charge on any atom is 0.418 e. The van der Waals surface area contributed by atoms with Gasteiger partial charge in [-0.25, -0.2) is 0 Å². The van der Waals surface area contributed by atoms with Gasteiger partial charge in [-0.2, -0.15) is 13.2 Å². The van der Waals surface area contributed by atoms with Crippen molar-refractivity contribution in [2.75, 3.05) is 17.7 Å². The molecule has 1 aromatic rings. The molecular formula is C11H15F3N2O. The van der Waals surface area contributed by atoms with Gasteiger partial charge in [-0.3, -0.25) is 0 Å². The molecule has 6 heteroatoms. The highest BCUT2D eigenvalue weighted by molar-refractivity contribution is 5.59. The zero-order valence-corrected chi connectivity index (χ0v) is 9.38. The number of rotatable bonds is 4. The predicted molar refractivity (Wildman–Crippen MR) is 60.6 cm³/mol. The lowest BCUT2D eigenvalue weighted by atomic mass is 10.1. The summed E-state index contributed by atoms with van der Waals surface area (Å²) in [6, 6.07) is 3.14. The monoisotopic (exact) mass is 248 g/mol. The van der Waals surface area contributed by atoms with E-state index in [1.807, 2.05) is 0 Å². The van der Waals surface area contributed by atoms with Gasteiger partial charge in [0.2, 0.25) is 0 Å². The number of nitrogens with two attached hydrogens (primary N) is 1. The second kappa shape index (κ2) is 5.27. The van der Waals surface area contributed by atoms with Gasteiger partial charge in [-0.15, -0.1) is 0 Å². The average Bonchev–Trinajstić information content (AvgIpc) is 2.26. The summed E-state index contributed by atoms with van der Waals surface area (Å²) in [5.74, 6) is 0. The van der Waals surface area contributed by atoms with Crippen LogP contribution < -0.4 is 11.1 Å². The number of halogens is 3. The Kier molecular flexibility index (Phi) is 4.22. The van der Waals surface area contributed by atoms with Gasteiger partial charge in [-0.05, 0) is 24.6 Å². The third kappa shape index (κ3) is 3.52. The molecule has 0 heterocycles. The van der Waals surface area contributed by atoms with Crippen LogP contribution in [0.4, 0.5) is 24.5 Å². The third-order valence-electron chi connectivity index (χ3n) is 2.42. The van der Waals surface area contributed by atoms with E-state index in [1.165, 1.54) is 12.1 Å². The van der Waals surface area contributed by atoms with Crippen LogP contribution in [0.15, 0.2) is 18.2 Å². The number of aliphatic hydroxyl groups excluding tert-OH is 1. The number of benzene rings is 1. The van der Waals surface area contributed by atoms with E-state index in [1.54, 1.807) is 6.92 Å². The number of alkyl halides is 3. The zero-order valence-electron chi connectivity index (χ0n) is 9.38. The van der Waals surface area contributed by atoms with Crippen molar-refractivity contribution in [2.24, 2.45) is 0 Å². The van der Waals surface area contributed by atoms with E-state index >= 15 is 0 Å². The largest absolute Gasteiger partial charge is 0.418 e. The Bertz CT molecular complexity index is 375. The molecule has 96 valence electrons. The molecule has 0 bridgehead atoms. The predicted octanol–water partition coefficient (Wildman–Crippen LogP) is 2.47. The van der Waals surface area contributed by atoms with Crippen LogP contribution in [-0.2, 0) is 6.18 Å². The topological polar surface area (TPSA) is 58.3 Å². The Morgan fingerprint density at radius 3 is 2.53 bits per heavy atom. The molecule has 3 nitrogen and oxygen atoms in total. The Morgan fingerprint density at radius 1 is 1.41 bits per heavy atom. The lowest BCUT2D eigenvalue weighted by Gasteiger charge is -2.20. The van der Waals surface area contributed by atoms with E-state index in [4.69, 9.17) is 10.8 Å². The van der Waals surface area contributed by atoms with Gasteiger partial charge in [0.1, 0.15) is 0 Å². The Labute approximate surface area is 97.4 Å². The molecule has 0 fully saturated rings. The van der Waals surface area contributed by atoms with Crippen molar-refractivity contribution in [3.8, 4) is 0 Å². The first kappa shape index (κ1) is 13.6. The Balaban J connectivity index is 3.06. The first-order valence-corrected chi connectivity index (χ1v) is 5.22. The van der Waals surface area contributed by atoms with E-state index in [2.05, 4.69) is 5.32 Å². The summed E-state index contributed by atoms with van der Waals surface area (Å²) in [6.45, 7) is 1.55. The van der Waals surface area contributed by atoms with Crippen molar-refractivity contribution >= 4 is 11.4 Å². The fraction of sp³-hybridized carbons (Fsp3) is 0.455. The van der Waals surface area contributed by atoms with Crippen molar-refractivity contribution in [1.82, 2.24) is 0 Å². The molecule has 1 atom stereocenters. The van der Waals surface area contributed by atoms with Crippen LogP contribution in [0.25, 0.3) is 0 Å². The summed E-state index contributed by atoms with van der Waals surface area (Å²) >= 11 is 0. The van der Waals surface area contributed by atoms with Crippen LogP contribution in [0, 0.1) is 0 Å². The summed E-state index contributed by atoms with van der Waals surface area (Å²) < 4.78 is 38.2. The maximum atomic E-state index is 12.7. The minimum Gasteiger partial charge on any atom is -0.399 e. The second-order valence-electron chi connectivity index (χ2n) is 3.73.